The van der Waals surface area contributed by atoms with Gasteiger partial charge in [0.25, 0.3) is 0 Å². The maximum atomic E-state index is 12.2. The third-order valence-electron chi connectivity index (χ3n) is 4.88. The van der Waals surface area contributed by atoms with Crippen LogP contribution in [0.4, 0.5) is 4.79 Å². The van der Waals surface area contributed by atoms with Gasteiger partial charge in [-0.2, -0.15) is 0 Å². The lowest BCUT2D eigenvalue weighted by molar-refractivity contribution is 0.220. The van der Waals surface area contributed by atoms with Crippen molar-refractivity contribution in [1.82, 2.24) is 14.9 Å². The van der Waals surface area contributed by atoms with E-state index in [1.54, 1.807) is 4.31 Å². The molecule has 2 aliphatic rings. The maximum absolute atomic E-state index is 12.2. The highest BCUT2D eigenvalue weighted by molar-refractivity contribution is 7.89. The van der Waals surface area contributed by atoms with E-state index in [9.17, 15) is 13.2 Å². The number of piperidine rings is 1. The minimum absolute atomic E-state index is 0.0798. The van der Waals surface area contributed by atoms with Crippen LogP contribution in [-0.2, 0) is 10.0 Å². The van der Waals surface area contributed by atoms with Crippen LogP contribution >= 0.6 is 0 Å². The van der Waals surface area contributed by atoms with Gasteiger partial charge in [-0.15, -0.1) is 0 Å². The molecule has 1 aliphatic carbocycles. The largest absolute Gasteiger partial charge is 0.335 e. The average Bonchev–Trinajstić information content (AvgIpc) is 2.54. The van der Waals surface area contributed by atoms with Crippen LogP contribution in [0, 0.1) is 0 Å². The normalized spacial score (nSPS) is 22.0. The van der Waals surface area contributed by atoms with E-state index < -0.39 is 10.0 Å². The molecule has 0 aromatic rings. The summed E-state index contributed by atoms with van der Waals surface area (Å²) in [5.41, 5.74) is 0. The van der Waals surface area contributed by atoms with E-state index in [-0.39, 0.29) is 17.8 Å². The molecule has 23 heavy (non-hydrogen) atoms. The summed E-state index contributed by atoms with van der Waals surface area (Å²) in [5.74, 6) is 0.240. The third kappa shape index (κ3) is 5.95. The molecule has 2 N–H and O–H groups in total. The van der Waals surface area contributed by atoms with E-state index >= 15 is 0 Å². The smallest absolute Gasteiger partial charge is 0.315 e. The summed E-state index contributed by atoms with van der Waals surface area (Å²) in [6.45, 7) is 3.03. The monoisotopic (exact) mass is 345 g/mol. The second-order valence-electron chi connectivity index (χ2n) is 6.80. The van der Waals surface area contributed by atoms with Gasteiger partial charge in [-0.1, -0.05) is 32.6 Å². The van der Waals surface area contributed by atoms with Crippen LogP contribution in [0.1, 0.15) is 64.7 Å². The minimum Gasteiger partial charge on any atom is -0.335 e. The van der Waals surface area contributed by atoms with Gasteiger partial charge in [0.05, 0.1) is 5.75 Å². The second kappa shape index (κ2) is 8.87. The third-order valence-corrected chi connectivity index (χ3v) is 6.84. The molecule has 1 saturated carbocycles. The highest BCUT2D eigenvalue weighted by Crippen LogP contribution is 2.18. The van der Waals surface area contributed by atoms with Gasteiger partial charge in [0.15, 0.2) is 0 Å². The molecule has 7 heteroatoms. The Balaban J connectivity index is 1.70. The van der Waals surface area contributed by atoms with E-state index in [0.717, 1.165) is 19.3 Å². The zero-order chi connectivity index (χ0) is 16.7. The summed E-state index contributed by atoms with van der Waals surface area (Å²) in [7, 11) is -3.12. The lowest BCUT2D eigenvalue weighted by Crippen LogP contribution is -2.51. The minimum atomic E-state index is -3.12. The Kier molecular flexibility index (Phi) is 7.14. The predicted octanol–water partition coefficient (Wildman–Crippen LogP) is 2.21. The Hall–Kier alpha value is -0.820. The summed E-state index contributed by atoms with van der Waals surface area (Å²) < 4.78 is 25.9. The van der Waals surface area contributed by atoms with Crippen LogP contribution in [-0.4, -0.2) is 49.7 Å². The Morgan fingerprint density at radius 2 is 1.57 bits per heavy atom. The summed E-state index contributed by atoms with van der Waals surface area (Å²) in [6.07, 6.45) is 8.79. The molecular formula is C16H31N3O3S. The van der Waals surface area contributed by atoms with Crippen molar-refractivity contribution >= 4 is 16.1 Å². The number of carbonyl (C=O) groups is 1. The van der Waals surface area contributed by atoms with Crippen LogP contribution in [0.3, 0.4) is 0 Å². The van der Waals surface area contributed by atoms with Gasteiger partial charge >= 0.3 is 6.03 Å². The maximum Gasteiger partial charge on any atom is 0.315 e. The molecule has 0 aromatic carbocycles. The molecule has 0 spiro atoms. The first-order chi connectivity index (χ1) is 11.0. The molecule has 2 amide bonds. The van der Waals surface area contributed by atoms with Crippen LogP contribution in [0.2, 0.25) is 0 Å². The van der Waals surface area contributed by atoms with Gasteiger partial charge in [0, 0.05) is 25.2 Å². The standard InChI is InChI=1S/C16H31N3O3S/c1-2-3-13-23(21,22)19-11-9-15(10-12-19)18-16(20)17-14-7-5-4-6-8-14/h14-15H,2-13H2,1H3,(H2,17,18,20). The molecule has 1 saturated heterocycles. The van der Waals surface area contributed by atoms with Crippen molar-refractivity contribution in [1.29, 1.82) is 0 Å². The molecule has 0 atom stereocenters. The van der Waals surface area contributed by atoms with Crippen molar-refractivity contribution < 1.29 is 13.2 Å². The molecule has 134 valence electrons. The Morgan fingerprint density at radius 1 is 1.00 bits per heavy atom. The predicted molar refractivity (Wildman–Crippen MR) is 91.8 cm³/mol. The summed E-state index contributed by atoms with van der Waals surface area (Å²) in [5, 5.41) is 6.06. The first-order valence-electron chi connectivity index (χ1n) is 9.06. The van der Waals surface area contributed by atoms with E-state index in [2.05, 4.69) is 10.6 Å². The quantitative estimate of drug-likeness (QED) is 0.775. The molecule has 2 fully saturated rings. The van der Waals surface area contributed by atoms with Gasteiger partial charge in [-0.25, -0.2) is 17.5 Å². The van der Waals surface area contributed by atoms with E-state index in [1.807, 2.05) is 6.92 Å². The highest BCUT2D eigenvalue weighted by atomic mass is 32.2. The Bertz CT molecular complexity index is 467. The van der Waals surface area contributed by atoms with Crippen LogP contribution in [0.15, 0.2) is 0 Å². The number of sulfonamides is 1. The van der Waals surface area contributed by atoms with Gasteiger partial charge in [-0.05, 0) is 32.1 Å². The van der Waals surface area contributed by atoms with Crippen molar-refractivity contribution in [2.45, 2.75) is 76.8 Å². The molecule has 0 aromatic heterocycles. The van der Waals surface area contributed by atoms with Crippen LogP contribution < -0.4 is 10.6 Å². The number of carbonyl (C=O) groups excluding carboxylic acids is 1. The van der Waals surface area contributed by atoms with Gasteiger partial charge in [0.2, 0.25) is 10.0 Å². The highest BCUT2D eigenvalue weighted by Gasteiger charge is 2.28. The van der Waals surface area contributed by atoms with Crippen molar-refractivity contribution in [2.24, 2.45) is 0 Å². The lowest BCUT2D eigenvalue weighted by atomic mass is 9.96. The molecule has 0 bridgehead atoms. The van der Waals surface area contributed by atoms with Gasteiger partial charge < -0.3 is 10.6 Å². The first kappa shape index (κ1) is 18.5. The van der Waals surface area contributed by atoms with E-state index in [1.165, 1.54) is 19.3 Å². The molecule has 0 unspecified atom stereocenters. The van der Waals surface area contributed by atoms with Crippen molar-refractivity contribution in [2.75, 3.05) is 18.8 Å². The molecule has 1 aliphatic heterocycles. The number of urea groups is 1. The second-order valence-corrected chi connectivity index (χ2v) is 8.88. The molecule has 1 heterocycles. The zero-order valence-electron chi connectivity index (χ0n) is 14.2. The number of nitrogens with zero attached hydrogens (tertiary/aromatic N) is 1. The molecular weight excluding hydrogens is 314 g/mol. The van der Waals surface area contributed by atoms with E-state index in [4.69, 9.17) is 0 Å². The number of amides is 2. The number of nitrogens with one attached hydrogen (secondary N) is 2. The number of hydrogen-bond acceptors (Lipinski definition) is 3. The van der Waals surface area contributed by atoms with Gasteiger partial charge in [-0.3, -0.25) is 0 Å². The topological polar surface area (TPSA) is 78.5 Å². The first-order valence-corrected chi connectivity index (χ1v) is 10.7. The van der Waals surface area contributed by atoms with Gasteiger partial charge in [0.1, 0.15) is 0 Å². The van der Waals surface area contributed by atoms with Crippen molar-refractivity contribution in [3.63, 3.8) is 0 Å². The lowest BCUT2D eigenvalue weighted by Gasteiger charge is -2.32. The fourth-order valence-corrected chi connectivity index (χ4v) is 5.07. The van der Waals surface area contributed by atoms with Crippen molar-refractivity contribution in [3.05, 3.63) is 0 Å². The number of hydrogen-bond donors (Lipinski definition) is 2. The summed E-state index contributed by atoms with van der Waals surface area (Å²) >= 11 is 0. The fourth-order valence-electron chi connectivity index (χ4n) is 3.39. The average molecular weight is 346 g/mol. The SMILES string of the molecule is CCCCS(=O)(=O)N1CCC(NC(=O)NC2CCCCC2)CC1. The zero-order valence-corrected chi connectivity index (χ0v) is 15.0. The Morgan fingerprint density at radius 3 is 2.13 bits per heavy atom. The number of rotatable bonds is 6. The van der Waals surface area contributed by atoms with E-state index in [0.29, 0.717) is 38.4 Å². The van der Waals surface area contributed by atoms with Crippen molar-refractivity contribution in [3.8, 4) is 0 Å². The molecule has 0 radical (unpaired) electrons. The molecule has 6 nitrogen and oxygen atoms in total. The Labute approximate surface area is 140 Å². The fraction of sp³-hybridized carbons (Fsp3) is 0.938. The summed E-state index contributed by atoms with van der Waals surface area (Å²) in [4.78, 5) is 12.0. The number of unbranched alkanes of at least 4 members (excludes halogenated alkanes) is 1. The van der Waals surface area contributed by atoms with Crippen LogP contribution in [0.25, 0.3) is 0 Å². The summed E-state index contributed by atoms with van der Waals surface area (Å²) in [6, 6.07) is 0.290. The van der Waals surface area contributed by atoms with Crippen LogP contribution in [0.5, 0.6) is 0 Å². The molecule has 2 rings (SSSR count).